The number of nitrogens with zero attached hydrogens (tertiary/aromatic N) is 5. The summed E-state index contributed by atoms with van der Waals surface area (Å²) in [4.78, 5) is 20.7. The summed E-state index contributed by atoms with van der Waals surface area (Å²) in [6.07, 6.45) is 0. The second kappa shape index (κ2) is 15.0. The fourth-order valence-electron chi connectivity index (χ4n) is 11.0. The summed E-state index contributed by atoms with van der Waals surface area (Å²) in [5, 5.41) is 4.27. The summed E-state index contributed by atoms with van der Waals surface area (Å²) in [7, 11) is 0. The maximum absolute atomic E-state index is 6.86. The minimum atomic E-state index is -0.700. The third-order valence-corrected chi connectivity index (χ3v) is 13.9. The van der Waals surface area contributed by atoms with Crippen LogP contribution in [0.25, 0.3) is 66.9 Å². The number of para-hydroxylation sites is 6. The molecule has 10 aromatic carbocycles. The monoisotopic (exact) mass is 869 g/mol. The Bertz CT molecular complexity index is 3880. The maximum atomic E-state index is 6.86. The zero-order chi connectivity index (χ0) is 44.8. The summed E-state index contributed by atoms with van der Waals surface area (Å²) < 4.78 is 6.86. The predicted molar refractivity (Wildman–Crippen MR) is 276 cm³/mol. The van der Waals surface area contributed by atoms with Crippen molar-refractivity contribution in [3.05, 3.63) is 259 Å². The van der Waals surface area contributed by atoms with Crippen molar-refractivity contribution in [3.63, 3.8) is 0 Å². The Kier molecular flexibility index (Phi) is 8.39. The van der Waals surface area contributed by atoms with E-state index in [0.717, 1.165) is 89.1 Å². The fourth-order valence-corrected chi connectivity index (χ4v) is 11.0. The van der Waals surface area contributed by atoms with Crippen molar-refractivity contribution in [1.82, 2.24) is 15.0 Å². The molecule has 0 N–H and O–H groups in total. The lowest BCUT2D eigenvalue weighted by Crippen LogP contribution is -2.42. The van der Waals surface area contributed by atoms with Gasteiger partial charge in [-0.1, -0.05) is 176 Å². The van der Waals surface area contributed by atoms with Gasteiger partial charge in [0.1, 0.15) is 11.2 Å². The molecule has 1 spiro atoms. The Morgan fingerprint density at radius 3 is 1.46 bits per heavy atom. The average Bonchev–Trinajstić information content (AvgIpc) is 3.81. The molecule has 318 valence electrons. The van der Waals surface area contributed by atoms with E-state index in [1.54, 1.807) is 0 Å². The molecule has 0 atom stereocenters. The van der Waals surface area contributed by atoms with Gasteiger partial charge >= 0.3 is 0 Å². The zero-order valence-electron chi connectivity index (χ0n) is 36.7. The number of benzene rings is 10. The lowest BCUT2D eigenvalue weighted by Gasteiger charge is -2.51. The summed E-state index contributed by atoms with van der Waals surface area (Å²) in [6.45, 7) is 0. The molecule has 2 aliphatic rings. The second-order valence-electron chi connectivity index (χ2n) is 17.5. The van der Waals surface area contributed by atoms with Crippen LogP contribution >= 0.6 is 0 Å². The highest BCUT2D eigenvalue weighted by atomic mass is 16.3. The maximum Gasteiger partial charge on any atom is 0.167 e. The van der Waals surface area contributed by atoms with Gasteiger partial charge in [-0.25, -0.2) is 15.0 Å². The number of furan rings is 1. The average molecular weight is 870 g/mol. The van der Waals surface area contributed by atoms with Gasteiger partial charge in [-0.3, -0.25) is 0 Å². The number of rotatable bonds is 5. The minimum absolute atomic E-state index is 0.540. The molecular formula is C62H39N5O. The van der Waals surface area contributed by atoms with E-state index < -0.39 is 5.41 Å². The molecule has 0 aliphatic carbocycles. The molecule has 0 unspecified atom stereocenters. The van der Waals surface area contributed by atoms with Crippen molar-refractivity contribution in [1.29, 1.82) is 0 Å². The lowest BCUT2D eigenvalue weighted by molar-refractivity contribution is 0.673. The molecule has 2 aromatic heterocycles. The van der Waals surface area contributed by atoms with E-state index >= 15 is 0 Å². The summed E-state index contributed by atoms with van der Waals surface area (Å²) in [5.41, 5.74) is 14.8. The highest BCUT2D eigenvalue weighted by Gasteiger charge is 2.51. The molecule has 68 heavy (non-hydrogen) atoms. The Morgan fingerprint density at radius 2 is 0.809 bits per heavy atom. The molecule has 12 aromatic rings. The van der Waals surface area contributed by atoms with Crippen LogP contribution in [-0.2, 0) is 5.41 Å². The first-order valence-corrected chi connectivity index (χ1v) is 23.0. The molecule has 2 aliphatic heterocycles. The highest BCUT2D eigenvalue weighted by molar-refractivity contribution is 6.17. The molecule has 14 rings (SSSR count). The second-order valence-corrected chi connectivity index (χ2v) is 17.5. The predicted octanol–water partition coefficient (Wildman–Crippen LogP) is 15.9. The molecule has 0 fully saturated rings. The van der Waals surface area contributed by atoms with Crippen LogP contribution in [0, 0.1) is 0 Å². The van der Waals surface area contributed by atoms with E-state index in [1.165, 1.54) is 16.7 Å². The molecule has 6 heteroatoms. The topological polar surface area (TPSA) is 58.3 Å². The molecule has 0 amide bonds. The van der Waals surface area contributed by atoms with Gasteiger partial charge in [0.05, 0.1) is 33.7 Å². The van der Waals surface area contributed by atoms with E-state index in [2.05, 4.69) is 228 Å². The Labute approximate surface area is 392 Å². The lowest BCUT2D eigenvalue weighted by atomic mass is 9.60. The first-order valence-electron chi connectivity index (χ1n) is 23.0. The first-order chi connectivity index (χ1) is 33.7. The number of aromatic nitrogens is 3. The number of hydrogen-bond donors (Lipinski definition) is 0. The van der Waals surface area contributed by atoms with Gasteiger partial charge in [-0.05, 0) is 88.3 Å². The van der Waals surface area contributed by atoms with Crippen LogP contribution in [0.5, 0.6) is 0 Å². The van der Waals surface area contributed by atoms with E-state index in [-0.39, 0.29) is 0 Å². The van der Waals surface area contributed by atoms with Gasteiger partial charge in [0.25, 0.3) is 0 Å². The van der Waals surface area contributed by atoms with Crippen molar-refractivity contribution in [3.8, 4) is 34.2 Å². The van der Waals surface area contributed by atoms with Gasteiger partial charge in [-0.15, -0.1) is 0 Å². The van der Waals surface area contributed by atoms with E-state index in [4.69, 9.17) is 19.4 Å². The van der Waals surface area contributed by atoms with Gasteiger partial charge in [0.15, 0.2) is 17.5 Å². The number of anilines is 6. The molecule has 0 saturated heterocycles. The molecule has 6 nitrogen and oxygen atoms in total. The molecular weight excluding hydrogens is 831 g/mol. The normalized spacial score (nSPS) is 13.4. The van der Waals surface area contributed by atoms with Crippen LogP contribution in [0.4, 0.5) is 34.1 Å². The van der Waals surface area contributed by atoms with Gasteiger partial charge in [0.2, 0.25) is 0 Å². The quantitative estimate of drug-likeness (QED) is 0.172. The zero-order valence-corrected chi connectivity index (χ0v) is 36.7. The first kappa shape index (κ1) is 38.2. The molecule has 0 radical (unpaired) electrons. The van der Waals surface area contributed by atoms with Crippen LogP contribution in [0.15, 0.2) is 241 Å². The van der Waals surface area contributed by atoms with Crippen molar-refractivity contribution in [2.75, 3.05) is 9.80 Å². The standard InChI is InChI=1S/C62H39N5O/c1-4-20-41(21-5-1)59-63-60(65-61(64-59)48-28-18-27-46-47-37-35-40-19-10-11-26-45(40)57(47)68-58(46)48)42-36-38-52-56(39-42)67(44-24-8-3-9-25-44)55-34-17-14-31-51(55)62(52)49-29-12-15-32-53(49)66(43-22-6-2-7-23-43)54-33-16-13-30-50(54)62/h1-39H. The van der Waals surface area contributed by atoms with Crippen molar-refractivity contribution < 1.29 is 4.42 Å². The van der Waals surface area contributed by atoms with Gasteiger partial charge in [-0.2, -0.15) is 0 Å². The van der Waals surface area contributed by atoms with Crippen LogP contribution in [0.2, 0.25) is 0 Å². The highest BCUT2D eigenvalue weighted by Crippen LogP contribution is 2.64. The number of fused-ring (bicyclic) bond motifs is 13. The Morgan fingerprint density at radius 1 is 0.324 bits per heavy atom. The van der Waals surface area contributed by atoms with Gasteiger partial charge < -0.3 is 14.2 Å². The minimum Gasteiger partial charge on any atom is -0.455 e. The van der Waals surface area contributed by atoms with Crippen LogP contribution in [0.1, 0.15) is 22.3 Å². The third kappa shape index (κ3) is 5.55. The van der Waals surface area contributed by atoms with Crippen LogP contribution in [0.3, 0.4) is 0 Å². The van der Waals surface area contributed by atoms with E-state index in [1.807, 2.05) is 18.2 Å². The van der Waals surface area contributed by atoms with Crippen molar-refractivity contribution in [2.45, 2.75) is 5.41 Å². The smallest absolute Gasteiger partial charge is 0.167 e. The van der Waals surface area contributed by atoms with Gasteiger partial charge in [0, 0.05) is 38.7 Å². The summed E-state index contributed by atoms with van der Waals surface area (Å²) in [6, 6.07) is 84.0. The third-order valence-electron chi connectivity index (χ3n) is 13.9. The summed E-state index contributed by atoms with van der Waals surface area (Å²) >= 11 is 0. The SMILES string of the molecule is c1ccc(-c2nc(-c3ccc4c(c3)N(c3ccccc3)c3ccccc3C43c4ccccc4N(c4ccccc4)c4ccccc43)nc(-c3cccc4c3oc3c5ccccc5ccc43)n2)cc1. The van der Waals surface area contributed by atoms with E-state index in [0.29, 0.717) is 17.5 Å². The number of hydrogen-bond acceptors (Lipinski definition) is 6. The Balaban J connectivity index is 1.04. The largest absolute Gasteiger partial charge is 0.455 e. The fraction of sp³-hybridized carbons (Fsp3) is 0.0161. The summed E-state index contributed by atoms with van der Waals surface area (Å²) in [5.74, 6) is 1.69. The molecule has 0 saturated carbocycles. The van der Waals surface area contributed by atoms with Crippen molar-refractivity contribution in [2.24, 2.45) is 0 Å². The van der Waals surface area contributed by atoms with Crippen molar-refractivity contribution >= 4 is 66.8 Å². The molecule has 0 bridgehead atoms. The van der Waals surface area contributed by atoms with Crippen LogP contribution < -0.4 is 9.80 Å². The van der Waals surface area contributed by atoms with Crippen LogP contribution in [-0.4, -0.2) is 15.0 Å². The van der Waals surface area contributed by atoms with E-state index in [9.17, 15) is 0 Å². The Hall–Kier alpha value is -9.13. The molecule has 4 heterocycles.